The molecule has 0 spiro atoms. The van der Waals surface area contributed by atoms with Crippen molar-refractivity contribution in [2.75, 3.05) is 14.1 Å². The summed E-state index contributed by atoms with van der Waals surface area (Å²) in [7, 11) is 4.13. The summed E-state index contributed by atoms with van der Waals surface area (Å²) in [5.74, 6) is 2.64. The number of carbonyl (C=O) groups excluding carboxylic acids is 2. The number of unbranched alkanes of at least 4 members (excludes halogenated alkanes) is 1. The second-order valence-corrected chi connectivity index (χ2v) is 10.2. The number of nitrogens with one attached hydrogen (secondary N) is 2. The van der Waals surface area contributed by atoms with Gasteiger partial charge in [-0.25, -0.2) is 4.79 Å². The zero-order valence-corrected chi connectivity index (χ0v) is 27.7. The maximum atomic E-state index is 12.3. The number of nitrogens with zero attached hydrogens (tertiary/aromatic N) is 1. The highest BCUT2D eigenvalue weighted by Gasteiger charge is 2.21. The summed E-state index contributed by atoms with van der Waals surface area (Å²) in [6.07, 6.45) is 16.0. The van der Waals surface area contributed by atoms with Crippen molar-refractivity contribution >= 4 is 11.8 Å². The van der Waals surface area contributed by atoms with Gasteiger partial charge in [0.25, 0.3) is 0 Å². The van der Waals surface area contributed by atoms with E-state index in [9.17, 15) is 9.59 Å². The van der Waals surface area contributed by atoms with Gasteiger partial charge in [-0.05, 0) is 56.1 Å². The van der Waals surface area contributed by atoms with Crippen molar-refractivity contribution in [3.8, 4) is 12.8 Å². The van der Waals surface area contributed by atoms with Crippen LogP contribution in [0.5, 0.6) is 0 Å². The first-order valence-electron chi connectivity index (χ1n) is 15.2. The number of amides is 1. The molecule has 228 valence electrons. The van der Waals surface area contributed by atoms with E-state index in [0.717, 1.165) is 49.8 Å². The molecule has 0 saturated carbocycles. The molecule has 1 unspecified atom stereocenters. The van der Waals surface area contributed by atoms with Crippen molar-refractivity contribution in [1.82, 2.24) is 15.5 Å². The number of hydrogen-bond donors (Lipinski definition) is 2. The van der Waals surface area contributed by atoms with Gasteiger partial charge in [0, 0.05) is 38.8 Å². The standard InChI is InChI=1S/C20H32N2O.C8H13NO.C3H8.C2H6.C2H2/c1-6-8-9-18(19(7-2)22(4)5)14-20(23)21-15-17-12-10-16(3)11-13-17;1-6(2)8-4-3-7(5-10)9-8;1-3-2;2*1-2/h10-13H,6-9,14-15H2,1-5H3,(H,21,23);6,8-9H,3-4H2,1-2H3;3H2,1-2H3;1-2H3;1-2H/b19-18-;;;;. The Hall–Kier alpha value is -2.96. The molecule has 1 fully saturated rings. The van der Waals surface area contributed by atoms with Crippen LogP contribution in [0.1, 0.15) is 118 Å². The lowest BCUT2D eigenvalue weighted by molar-refractivity contribution is -0.120. The lowest BCUT2D eigenvalue weighted by Crippen LogP contribution is -2.25. The third-order valence-electron chi connectivity index (χ3n) is 6.09. The van der Waals surface area contributed by atoms with Crippen LogP contribution in [-0.4, -0.2) is 36.9 Å². The van der Waals surface area contributed by atoms with Crippen molar-refractivity contribution in [2.45, 2.75) is 126 Å². The van der Waals surface area contributed by atoms with E-state index >= 15 is 0 Å². The number of benzene rings is 1. The van der Waals surface area contributed by atoms with Crippen molar-refractivity contribution in [2.24, 2.45) is 5.92 Å². The minimum atomic E-state index is 0.115. The summed E-state index contributed by atoms with van der Waals surface area (Å²) in [5.41, 5.74) is 5.71. The van der Waals surface area contributed by atoms with Gasteiger partial charge in [-0.1, -0.05) is 98.1 Å². The molecule has 0 radical (unpaired) electrons. The molecule has 1 saturated heterocycles. The maximum Gasteiger partial charge on any atom is 0.224 e. The first-order chi connectivity index (χ1) is 19.1. The normalized spacial score (nSPS) is 13.7. The molecule has 2 N–H and O–H groups in total. The molecule has 1 aromatic carbocycles. The number of hydrogen-bond acceptors (Lipinski definition) is 4. The molecule has 40 heavy (non-hydrogen) atoms. The minimum Gasteiger partial charge on any atom is -0.381 e. The van der Waals surface area contributed by atoms with Gasteiger partial charge in [-0.15, -0.1) is 12.8 Å². The molecule has 1 aliphatic heterocycles. The second kappa shape index (κ2) is 27.6. The van der Waals surface area contributed by atoms with Gasteiger partial charge in [0.05, 0.1) is 5.70 Å². The first-order valence-corrected chi connectivity index (χ1v) is 15.2. The summed E-state index contributed by atoms with van der Waals surface area (Å²) in [4.78, 5) is 24.6. The van der Waals surface area contributed by atoms with E-state index in [4.69, 9.17) is 0 Å². The Balaban J connectivity index is -0.000000663. The number of carbonyl (C=O) groups is 1. The molecule has 1 aliphatic rings. The van der Waals surface area contributed by atoms with Gasteiger partial charge in [-0.2, -0.15) is 0 Å². The fraction of sp³-hybridized carbons (Fsp3) is 0.629. The zero-order valence-electron chi connectivity index (χ0n) is 27.7. The largest absolute Gasteiger partial charge is 0.381 e. The van der Waals surface area contributed by atoms with Crippen molar-refractivity contribution in [1.29, 1.82) is 0 Å². The molecule has 0 aliphatic carbocycles. The van der Waals surface area contributed by atoms with Crippen LogP contribution in [0.3, 0.4) is 0 Å². The van der Waals surface area contributed by atoms with Gasteiger partial charge < -0.3 is 15.5 Å². The molecule has 1 amide bonds. The van der Waals surface area contributed by atoms with E-state index < -0.39 is 0 Å². The summed E-state index contributed by atoms with van der Waals surface area (Å²) in [5, 5.41) is 6.18. The Kier molecular flexibility index (Phi) is 28.7. The third-order valence-corrected chi connectivity index (χ3v) is 6.09. The van der Waals surface area contributed by atoms with Crippen LogP contribution in [0.15, 0.2) is 41.2 Å². The molecule has 1 heterocycles. The average Bonchev–Trinajstić information content (AvgIpc) is 3.45. The van der Waals surface area contributed by atoms with Crippen LogP contribution in [-0.2, 0) is 16.1 Å². The van der Waals surface area contributed by atoms with Gasteiger partial charge in [0.1, 0.15) is 5.94 Å². The van der Waals surface area contributed by atoms with Gasteiger partial charge in [-0.3, -0.25) is 4.79 Å². The summed E-state index contributed by atoms with van der Waals surface area (Å²) < 4.78 is 0. The minimum absolute atomic E-state index is 0.115. The van der Waals surface area contributed by atoms with E-state index in [-0.39, 0.29) is 5.91 Å². The highest BCUT2D eigenvalue weighted by Crippen LogP contribution is 2.21. The van der Waals surface area contributed by atoms with E-state index in [1.165, 1.54) is 23.3 Å². The van der Waals surface area contributed by atoms with E-state index in [0.29, 0.717) is 24.9 Å². The quantitative estimate of drug-likeness (QED) is 0.225. The summed E-state index contributed by atoms with van der Waals surface area (Å²) in [6, 6.07) is 8.79. The summed E-state index contributed by atoms with van der Waals surface area (Å²) in [6.45, 7) is 19.6. The SMILES string of the molecule is C#C.CC.CC(C)C1CCC(=C=O)N1.CCC.CCCC/C(CC(=O)NCc1ccc(C)cc1)=C(\CC)N(C)C. The van der Waals surface area contributed by atoms with Crippen molar-refractivity contribution in [3.63, 3.8) is 0 Å². The molecule has 1 aromatic rings. The predicted octanol–water partition coefficient (Wildman–Crippen LogP) is 8.22. The fourth-order valence-electron chi connectivity index (χ4n) is 4.02. The Morgan fingerprint density at radius 2 is 1.65 bits per heavy atom. The topological polar surface area (TPSA) is 61.4 Å². The number of terminal acetylenes is 1. The molecule has 1 atom stereocenters. The van der Waals surface area contributed by atoms with Crippen LogP contribution in [0.25, 0.3) is 0 Å². The average molecular weight is 556 g/mol. The Bertz CT molecular complexity index is 860. The van der Waals surface area contributed by atoms with Gasteiger partial charge in [0.15, 0.2) is 0 Å². The molecule has 5 nitrogen and oxygen atoms in total. The highest BCUT2D eigenvalue weighted by atomic mass is 16.1. The Morgan fingerprint density at radius 1 is 1.10 bits per heavy atom. The van der Waals surface area contributed by atoms with E-state index in [1.807, 2.05) is 19.8 Å². The maximum absolute atomic E-state index is 12.3. The molecular weight excluding hydrogens is 494 g/mol. The first kappa shape index (κ1) is 41.5. The smallest absolute Gasteiger partial charge is 0.224 e. The highest BCUT2D eigenvalue weighted by molar-refractivity contribution is 5.78. The molecule has 2 rings (SSSR count). The summed E-state index contributed by atoms with van der Waals surface area (Å²) >= 11 is 0. The van der Waals surface area contributed by atoms with Gasteiger partial charge >= 0.3 is 0 Å². The third kappa shape index (κ3) is 20.0. The monoisotopic (exact) mass is 555 g/mol. The van der Waals surface area contributed by atoms with Crippen molar-refractivity contribution in [3.05, 3.63) is 52.4 Å². The lowest BCUT2D eigenvalue weighted by Gasteiger charge is -2.21. The van der Waals surface area contributed by atoms with E-state index in [1.54, 1.807) is 0 Å². The Morgan fingerprint density at radius 3 is 2.02 bits per heavy atom. The Labute approximate surface area is 248 Å². The zero-order chi connectivity index (χ0) is 31.5. The van der Waals surface area contributed by atoms with Crippen LogP contribution >= 0.6 is 0 Å². The lowest BCUT2D eigenvalue weighted by atomic mass is 10.0. The number of aryl methyl sites for hydroxylation is 1. The van der Waals surface area contributed by atoms with Crippen LogP contribution in [0.2, 0.25) is 0 Å². The van der Waals surface area contributed by atoms with E-state index in [2.05, 4.69) is 115 Å². The van der Waals surface area contributed by atoms with Gasteiger partial charge in [0.2, 0.25) is 5.91 Å². The molecule has 0 aromatic heterocycles. The van der Waals surface area contributed by atoms with Crippen LogP contribution in [0.4, 0.5) is 0 Å². The number of allylic oxidation sites excluding steroid dienone is 2. The molecule has 5 heteroatoms. The molecule has 0 bridgehead atoms. The molecular formula is C35H61N3O2. The van der Waals surface area contributed by atoms with Crippen molar-refractivity contribution < 1.29 is 9.59 Å². The van der Waals surface area contributed by atoms with Crippen LogP contribution < -0.4 is 10.6 Å². The predicted molar refractivity (Wildman–Crippen MR) is 176 cm³/mol. The second-order valence-electron chi connectivity index (χ2n) is 10.2. The fourth-order valence-corrected chi connectivity index (χ4v) is 4.02. The van der Waals surface area contributed by atoms with Crippen LogP contribution in [0, 0.1) is 25.7 Å². The number of rotatable bonds is 10.